The number of aliphatic imine (C=N–C) groups is 1. The standard InChI is InChI=1S/C38H41N3O6/c1-6-25(14-16-39-4)35(41-19-17-40(5)18-20-41)34-33-32(38(43)44-7-2)24(3)46-37(33)30-23-27(12-13-29(30)36(34)42)45-21-15-28-22-26-10-8-9-11-31(26)47-28/h6,8-14,16,22-23,35,42H,4,7,15,17-21H2,1-3,5H3/b16-14-,25-6+. The molecule has 9 heteroatoms. The van der Waals surface area contributed by atoms with Crippen LogP contribution >= 0.6 is 0 Å². The molecule has 0 amide bonds. The molecule has 1 fully saturated rings. The molecule has 0 saturated carbocycles. The van der Waals surface area contributed by atoms with Crippen molar-refractivity contribution in [2.24, 2.45) is 4.99 Å². The number of phenolic OH excluding ortho intramolecular Hbond substituents is 1. The summed E-state index contributed by atoms with van der Waals surface area (Å²) in [7, 11) is 2.10. The van der Waals surface area contributed by atoms with Crippen molar-refractivity contribution in [2.45, 2.75) is 33.2 Å². The van der Waals surface area contributed by atoms with E-state index in [0.717, 1.165) is 48.5 Å². The maximum absolute atomic E-state index is 13.5. The normalized spacial score (nSPS) is 15.6. The van der Waals surface area contributed by atoms with Crippen LogP contribution < -0.4 is 4.74 Å². The lowest BCUT2D eigenvalue weighted by Gasteiger charge is -2.39. The Kier molecular flexibility index (Phi) is 9.47. The van der Waals surface area contributed by atoms with Crippen LogP contribution in [0.25, 0.3) is 32.7 Å². The number of aromatic hydroxyl groups is 1. The van der Waals surface area contributed by atoms with Crippen LogP contribution in [0.2, 0.25) is 0 Å². The van der Waals surface area contributed by atoms with Gasteiger partial charge in [0.1, 0.15) is 39.7 Å². The van der Waals surface area contributed by atoms with Crippen molar-refractivity contribution in [3.8, 4) is 11.5 Å². The number of fused-ring (bicyclic) bond motifs is 4. The fraction of sp³-hybridized carbons (Fsp3) is 0.316. The van der Waals surface area contributed by atoms with Crippen molar-refractivity contribution < 1.29 is 28.2 Å². The van der Waals surface area contributed by atoms with E-state index in [0.29, 0.717) is 57.4 Å². The molecule has 47 heavy (non-hydrogen) atoms. The molecule has 1 atom stereocenters. The Bertz CT molecular complexity index is 1960. The van der Waals surface area contributed by atoms with Crippen molar-refractivity contribution in [3.63, 3.8) is 0 Å². The number of aryl methyl sites for hydroxylation is 1. The van der Waals surface area contributed by atoms with Crippen LogP contribution in [0.4, 0.5) is 0 Å². The summed E-state index contributed by atoms with van der Waals surface area (Å²) in [5.74, 6) is 1.46. The first-order valence-corrected chi connectivity index (χ1v) is 16.0. The first-order valence-electron chi connectivity index (χ1n) is 16.0. The van der Waals surface area contributed by atoms with E-state index in [4.69, 9.17) is 18.3 Å². The van der Waals surface area contributed by atoms with E-state index in [1.165, 1.54) is 0 Å². The number of furan rings is 2. The van der Waals surface area contributed by atoms with Crippen molar-refractivity contribution in [1.82, 2.24) is 9.80 Å². The molecule has 9 nitrogen and oxygen atoms in total. The Hall–Kier alpha value is -4.86. The minimum absolute atomic E-state index is 0.0796. The predicted octanol–water partition coefficient (Wildman–Crippen LogP) is 7.59. The summed E-state index contributed by atoms with van der Waals surface area (Å²) in [6, 6.07) is 15.1. The zero-order valence-corrected chi connectivity index (χ0v) is 27.4. The molecule has 1 unspecified atom stereocenters. The van der Waals surface area contributed by atoms with E-state index in [1.54, 1.807) is 20.0 Å². The summed E-state index contributed by atoms with van der Waals surface area (Å²) < 4.78 is 24.1. The van der Waals surface area contributed by atoms with Gasteiger partial charge in [-0.05, 0) is 76.5 Å². The molecule has 3 heterocycles. The fourth-order valence-electron chi connectivity index (χ4n) is 6.53. The smallest absolute Gasteiger partial charge is 0.342 e. The topological polar surface area (TPSA) is 101 Å². The van der Waals surface area contributed by atoms with Gasteiger partial charge in [-0.25, -0.2) is 4.79 Å². The second-order valence-corrected chi connectivity index (χ2v) is 11.8. The number of nitrogens with zero attached hydrogens (tertiary/aromatic N) is 3. The highest BCUT2D eigenvalue weighted by atomic mass is 16.5. The zero-order chi connectivity index (χ0) is 33.1. The Morgan fingerprint density at radius 2 is 1.89 bits per heavy atom. The summed E-state index contributed by atoms with van der Waals surface area (Å²) in [5.41, 5.74) is 3.16. The average molecular weight is 636 g/mol. The maximum Gasteiger partial charge on any atom is 0.342 e. The number of para-hydroxylation sites is 1. The first kappa shape index (κ1) is 32.1. The third kappa shape index (κ3) is 6.28. The van der Waals surface area contributed by atoms with E-state index in [-0.39, 0.29) is 12.4 Å². The number of hydrogen-bond acceptors (Lipinski definition) is 9. The third-order valence-electron chi connectivity index (χ3n) is 8.87. The highest BCUT2D eigenvalue weighted by Gasteiger charge is 2.35. The van der Waals surface area contributed by atoms with Crippen LogP contribution in [0, 0.1) is 6.92 Å². The minimum atomic E-state index is -0.496. The van der Waals surface area contributed by atoms with Gasteiger partial charge in [0, 0.05) is 65.9 Å². The van der Waals surface area contributed by atoms with E-state index >= 15 is 0 Å². The van der Waals surface area contributed by atoms with E-state index in [1.807, 2.05) is 67.6 Å². The van der Waals surface area contributed by atoms with Crippen LogP contribution in [-0.2, 0) is 11.2 Å². The van der Waals surface area contributed by atoms with Gasteiger partial charge in [-0.1, -0.05) is 24.3 Å². The highest BCUT2D eigenvalue weighted by Crippen LogP contribution is 2.48. The molecule has 244 valence electrons. The number of carbonyl (C=O) groups is 1. The summed E-state index contributed by atoms with van der Waals surface area (Å²) >= 11 is 0. The number of hydrogen-bond donors (Lipinski definition) is 1. The molecule has 1 aliphatic heterocycles. The van der Waals surface area contributed by atoms with Crippen molar-refractivity contribution in [2.75, 3.05) is 46.4 Å². The lowest BCUT2D eigenvalue weighted by molar-refractivity contribution is 0.0526. The highest BCUT2D eigenvalue weighted by molar-refractivity contribution is 6.17. The van der Waals surface area contributed by atoms with Gasteiger partial charge in [-0.2, -0.15) is 0 Å². The third-order valence-corrected chi connectivity index (χ3v) is 8.87. The Morgan fingerprint density at radius 1 is 1.11 bits per heavy atom. The van der Waals surface area contributed by atoms with Gasteiger partial charge in [0.25, 0.3) is 0 Å². The van der Waals surface area contributed by atoms with Gasteiger partial charge in [0.05, 0.1) is 19.3 Å². The van der Waals surface area contributed by atoms with E-state index in [2.05, 4.69) is 28.6 Å². The maximum atomic E-state index is 13.5. The number of phenols is 1. The molecule has 0 bridgehead atoms. The molecular weight excluding hydrogens is 594 g/mol. The monoisotopic (exact) mass is 635 g/mol. The average Bonchev–Trinajstić information content (AvgIpc) is 3.65. The van der Waals surface area contributed by atoms with Crippen LogP contribution in [0.5, 0.6) is 11.5 Å². The minimum Gasteiger partial charge on any atom is -0.507 e. The summed E-state index contributed by atoms with van der Waals surface area (Å²) in [6.07, 6.45) is 6.15. The van der Waals surface area contributed by atoms with Crippen LogP contribution in [0.3, 0.4) is 0 Å². The van der Waals surface area contributed by atoms with Crippen molar-refractivity contribution in [1.29, 1.82) is 0 Å². The number of allylic oxidation sites excluding steroid dienone is 1. The van der Waals surface area contributed by atoms with E-state index in [9.17, 15) is 9.90 Å². The SMILES string of the molecule is C=N/C=C\C(=C/C)C(c1c(O)c2ccc(OCCc3cc4ccccc4o3)cc2c2oc(C)c(C(=O)OCC)c12)N1CCN(C)CC1. The molecular formula is C38H41N3O6. The van der Waals surface area contributed by atoms with Crippen LogP contribution in [0.1, 0.15) is 47.3 Å². The number of esters is 1. The first-order chi connectivity index (χ1) is 22.8. The number of rotatable bonds is 11. The van der Waals surface area contributed by atoms with Gasteiger partial charge in [0.15, 0.2) is 0 Å². The number of likely N-dealkylation sites (N-methyl/N-ethyl adjacent to an activating group) is 1. The quantitative estimate of drug-likeness (QED) is 0.0900. The van der Waals surface area contributed by atoms with Crippen molar-refractivity contribution in [3.05, 3.63) is 95.1 Å². The lowest BCUT2D eigenvalue weighted by atomic mass is 9.88. The number of piperazine rings is 1. The van der Waals surface area contributed by atoms with Gasteiger partial charge < -0.3 is 28.3 Å². The van der Waals surface area contributed by atoms with Crippen LogP contribution in [0.15, 0.2) is 86.3 Å². The second-order valence-electron chi connectivity index (χ2n) is 11.8. The number of carbonyl (C=O) groups excluding carboxylic acids is 1. The fourth-order valence-corrected chi connectivity index (χ4v) is 6.53. The summed E-state index contributed by atoms with van der Waals surface area (Å²) in [4.78, 5) is 22.1. The van der Waals surface area contributed by atoms with Gasteiger partial charge in [-0.3, -0.25) is 9.89 Å². The molecule has 3 aromatic carbocycles. The van der Waals surface area contributed by atoms with Gasteiger partial charge >= 0.3 is 5.97 Å². The molecule has 2 aromatic heterocycles. The number of benzene rings is 3. The van der Waals surface area contributed by atoms with Crippen molar-refractivity contribution >= 4 is 45.4 Å². The molecule has 1 aliphatic rings. The lowest BCUT2D eigenvalue weighted by Crippen LogP contribution is -2.46. The predicted molar refractivity (Wildman–Crippen MR) is 186 cm³/mol. The Morgan fingerprint density at radius 3 is 2.62 bits per heavy atom. The molecule has 1 N–H and O–H groups in total. The number of ether oxygens (including phenoxy) is 2. The largest absolute Gasteiger partial charge is 0.507 e. The molecule has 5 aromatic rings. The van der Waals surface area contributed by atoms with Gasteiger partial charge in [-0.15, -0.1) is 0 Å². The molecule has 0 radical (unpaired) electrons. The Labute approximate surface area is 274 Å². The second kappa shape index (κ2) is 13.9. The Balaban J connectivity index is 1.48. The molecule has 1 saturated heterocycles. The zero-order valence-electron chi connectivity index (χ0n) is 27.4. The summed E-state index contributed by atoms with van der Waals surface area (Å²) in [6.45, 7) is 13.0. The van der Waals surface area contributed by atoms with Crippen LogP contribution in [-0.4, -0.2) is 74.0 Å². The van der Waals surface area contributed by atoms with E-state index < -0.39 is 12.0 Å². The summed E-state index contributed by atoms with van der Waals surface area (Å²) in [5, 5.41) is 15.1. The van der Waals surface area contributed by atoms with Gasteiger partial charge in [0.2, 0.25) is 0 Å². The molecule has 6 rings (SSSR count). The molecule has 0 spiro atoms. The molecule has 0 aliphatic carbocycles.